The number of H-pyrrole nitrogens is 2. The lowest BCUT2D eigenvalue weighted by Gasteiger charge is -2.07. The van der Waals surface area contributed by atoms with Crippen LogP contribution in [0.15, 0.2) is 0 Å². The normalized spacial score (nSPS) is 10.8. The second-order valence-corrected chi connectivity index (χ2v) is 6.07. The van der Waals surface area contributed by atoms with Crippen LogP contribution in [-0.4, -0.2) is 35.1 Å². The lowest BCUT2D eigenvalue weighted by atomic mass is 10.0. The van der Waals surface area contributed by atoms with Gasteiger partial charge in [0.2, 0.25) is 0 Å². The summed E-state index contributed by atoms with van der Waals surface area (Å²) in [7, 11) is 0. The maximum atomic E-state index is 12.3. The Morgan fingerprint density at radius 2 is 1.12 bits per heavy atom. The molecule has 2 aromatic heterocycles. The number of rotatable bonds is 6. The summed E-state index contributed by atoms with van der Waals surface area (Å²) < 4.78 is 10.4. The molecule has 25 heavy (non-hydrogen) atoms. The Balaban J connectivity index is 2.48. The average Bonchev–Trinajstić information content (AvgIpc) is 2.97. The van der Waals surface area contributed by atoms with Gasteiger partial charge in [0.15, 0.2) is 0 Å². The molecule has 6 heteroatoms. The van der Waals surface area contributed by atoms with Crippen molar-refractivity contribution in [2.45, 2.75) is 48.0 Å². The summed E-state index contributed by atoms with van der Waals surface area (Å²) in [6.45, 7) is 11.8. The Bertz CT molecular complexity index is 733. The summed E-state index contributed by atoms with van der Waals surface area (Å²) in [5, 5.41) is 0. The molecule has 0 saturated carbocycles. The first-order chi connectivity index (χ1) is 11.8. The monoisotopic (exact) mass is 346 g/mol. The van der Waals surface area contributed by atoms with Crippen molar-refractivity contribution in [1.29, 1.82) is 0 Å². The molecule has 0 spiro atoms. The van der Waals surface area contributed by atoms with Crippen LogP contribution in [0.2, 0.25) is 0 Å². The summed E-state index contributed by atoms with van der Waals surface area (Å²) >= 11 is 0. The number of aromatic nitrogens is 2. The van der Waals surface area contributed by atoms with Gasteiger partial charge in [0.25, 0.3) is 0 Å². The van der Waals surface area contributed by atoms with E-state index in [1.54, 1.807) is 13.8 Å². The highest BCUT2D eigenvalue weighted by Gasteiger charge is 2.25. The zero-order chi connectivity index (χ0) is 18.7. The number of carbonyl (C=O) groups excluding carboxylic acids is 2. The van der Waals surface area contributed by atoms with Gasteiger partial charge < -0.3 is 19.4 Å². The Hall–Kier alpha value is -2.50. The summed E-state index contributed by atoms with van der Waals surface area (Å²) in [6, 6.07) is 0. The maximum absolute atomic E-state index is 12.3. The topological polar surface area (TPSA) is 84.2 Å². The summed E-state index contributed by atoms with van der Waals surface area (Å²) in [5.74, 6) is -0.700. The number of hydrogen-bond donors (Lipinski definition) is 2. The maximum Gasteiger partial charge on any atom is 0.340 e. The molecular formula is C19H26N2O4. The molecule has 0 bridgehead atoms. The van der Waals surface area contributed by atoms with Crippen LogP contribution in [-0.2, 0) is 15.9 Å². The molecule has 0 aliphatic rings. The quantitative estimate of drug-likeness (QED) is 0.784. The van der Waals surface area contributed by atoms with Gasteiger partial charge >= 0.3 is 11.9 Å². The number of esters is 2. The first-order valence-electron chi connectivity index (χ1n) is 8.52. The van der Waals surface area contributed by atoms with Gasteiger partial charge in [-0.15, -0.1) is 0 Å². The molecule has 2 N–H and O–H groups in total. The van der Waals surface area contributed by atoms with Crippen molar-refractivity contribution < 1.29 is 19.1 Å². The predicted octanol–water partition coefficient (Wildman–Crippen LogP) is 3.52. The largest absolute Gasteiger partial charge is 0.462 e. The number of aryl methyl sites for hydroxylation is 2. The lowest BCUT2D eigenvalue weighted by molar-refractivity contribution is 0.0516. The third-order valence-corrected chi connectivity index (χ3v) is 4.47. The molecular weight excluding hydrogens is 320 g/mol. The molecule has 0 aliphatic heterocycles. The highest BCUT2D eigenvalue weighted by molar-refractivity contribution is 5.94. The number of carbonyl (C=O) groups is 2. The SMILES string of the molecule is CCOC(=O)c1c(Cc2[nH]c(C)c(C)c2C(=O)OCC)[nH]c(C)c1C. The van der Waals surface area contributed by atoms with Crippen molar-refractivity contribution in [2.24, 2.45) is 0 Å². The third-order valence-electron chi connectivity index (χ3n) is 4.47. The summed E-state index contributed by atoms with van der Waals surface area (Å²) in [5.41, 5.74) is 6.11. The average molecular weight is 346 g/mol. The molecule has 2 heterocycles. The van der Waals surface area contributed by atoms with Gasteiger partial charge in [0, 0.05) is 29.2 Å². The fourth-order valence-electron chi connectivity index (χ4n) is 2.99. The van der Waals surface area contributed by atoms with Gasteiger partial charge in [-0.2, -0.15) is 0 Å². The molecule has 0 saturated heterocycles. The Morgan fingerprint density at radius 3 is 1.44 bits per heavy atom. The molecule has 0 atom stereocenters. The van der Waals surface area contributed by atoms with E-state index in [0.717, 1.165) is 33.9 Å². The van der Waals surface area contributed by atoms with E-state index in [1.165, 1.54) is 0 Å². The van der Waals surface area contributed by atoms with Crippen molar-refractivity contribution in [3.05, 3.63) is 45.0 Å². The molecule has 136 valence electrons. The van der Waals surface area contributed by atoms with Crippen LogP contribution < -0.4 is 0 Å². The van der Waals surface area contributed by atoms with Crippen molar-refractivity contribution in [3.8, 4) is 0 Å². The molecule has 0 aliphatic carbocycles. The molecule has 0 unspecified atom stereocenters. The van der Waals surface area contributed by atoms with E-state index < -0.39 is 0 Å². The molecule has 6 nitrogen and oxygen atoms in total. The zero-order valence-corrected chi connectivity index (χ0v) is 15.8. The van der Waals surface area contributed by atoms with Gasteiger partial charge in [-0.05, 0) is 52.7 Å². The van der Waals surface area contributed by atoms with Crippen LogP contribution in [0.5, 0.6) is 0 Å². The van der Waals surface area contributed by atoms with Gasteiger partial charge in [0.05, 0.1) is 24.3 Å². The van der Waals surface area contributed by atoms with Gasteiger partial charge in [-0.3, -0.25) is 0 Å². The molecule has 0 amide bonds. The first-order valence-corrected chi connectivity index (χ1v) is 8.52. The van der Waals surface area contributed by atoms with E-state index in [-0.39, 0.29) is 11.9 Å². The highest BCUT2D eigenvalue weighted by atomic mass is 16.5. The van der Waals surface area contributed by atoms with E-state index >= 15 is 0 Å². The minimum atomic E-state index is -0.350. The molecule has 0 radical (unpaired) electrons. The fraction of sp³-hybridized carbons (Fsp3) is 0.474. The number of nitrogens with one attached hydrogen (secondary N) is 2. The minimum Gasteiger partial charge on any atom is -0.462 e. The second-order valence-electron chi connectivity index (χ2n) is 6.07. The fourth-order valence-corrected chi connectivity index (χ4v) is 2.99. The third kappa shape index (κ3) is 3.62. The van der Waals surface area contributed by atoms with Crippen LogP contribution in [0.1, 0.15) is 68.5 Å². The van der Waals surface area contributed by atoms with Crippen LogP contribution in [0.4, 0.5) is 0 Å². The number of hydrogen-bond acceptors (Lipinski definition) is 4. The van der Waals surface area contributed by atoms with Crippen molar-refractivity contribution in [1.82, 2.24) is 9.97 Å². The smallest absolute Gasteiger partial charge is 0.340 e. The molecule has 0 aromatic carbocycles. The number of aromatic amines is 2. The Morgan fingerprint density at radius 1 is 0.760 bits per heavy atom. The minimum absolute atomic E-state index is 0.316. The van der Waals surface area contributed by atoms with E-state index in [1.807, 2.05) is 27.7 Å². The Labute approximate surface area is 147 Å². The molecule has 0 fully saturated rings. The van der Waals surface area contributed by atoms with Crippen LogP contribution >= 0.6 is 0 Å². The van der Waals surface area contributed by atoms with Crippen LogP contribution in [0.3, 0.4) is 0 Å². The van der Waals surface area contributed by atoms with Crippen molar-refractivity contribution in [2.75, 3.05) is 13.2 Å². The molecule has 2 rings (SSSR count). The molecule has 2 aromatic rings. The second kappa shape index (κ2) is 7.59. The van der Waals surface area contributed by atoms with E-state index in [2.05, 4.69) is 9.97 Å². The highest BCUT2D eigenvalue weighted by Crippen LogP contribution is 2.26. The van der Waals surface area contributed by atoms with Gasteiger partial charge in [-0.1, -0.05) is 0 Å². The van der Waals surface area contributed by atoms with Crippen LogP contribution in [0.25, 0.3) is 0 Å². The predicted molar refractivity (Wildman–Crippen MR) is 95.3 cm³/mol. The standard InChI is InChI=1S/C19H26N2O4/c1-7-24-18(22)16-10(3)12(5)20-14(16)9-15-17(19(23)25-8-2)11(4)13(6)21-15/h20-21H,7-9H2,1-6H3. The summed E-state index contributed by atoms with van der Waals surface area (Å²) in [4.78, 5) is 31.2. The van der Waals surface area contributed by atoms with Crippen LogP contribution in [0, 0.1) is 27.7 Å². The Kier molecular flexibility index (Phi) is 5.72. The van der Waals surface area contributed by atoms with E-state index in [9.17, 15) is 9.59 Å². The van der Waals surface area contributed by atoms with Gasteiger partial charge in [-0.25, -0.2) is 9.59 Å². The zero-order valence-electron chi connectivity index (χ0n) is 15.8. The van der Waals surface area contributed by atoms with Gasteiger partial charge in [0.1, 0.15) is 0 Å². The first kappa shape index (κ1) is 18.8. The summed E-state index contributed by atoms with van der Waals surface area (Å²) in [6.07, 6.45) is 0.394. The van der Waals surface area contributed by atoms with E-state index in [4.69, 9.17) is 9.47 Å². The lowest BCUT2D eigenvalue weighted by Crippen LogP contribution is -2.11. The van der Waals surface area contributed by atoms with Crippen molar-refractivity contribution >= 4 is 11.9 Å². The van der Waals surface area contributed by atoms with E-state index in [0.29, 0.717) is 30.8 Å². The van der Waals surface area contributed by atoms with Crippen molar-refractivity contribution in [3.63, 3.8) is 0 Å². The number of ether oxygens (including phenoxy) is 2.